The van der Waals surface area contributed by atoms with Gasteiger partial charge >= 0.3 is 0 Å². The lowest BCUT2D eigenvalue weighted by Gasteiger charge is -2.34. The topological polar surface area (TPSA) is 76.2 Å². The van der Waals surface area contributed by atoms with E-state index in [1.54, 1.807) is 18.2 Å². The maximum Gasteiger partial charge on any atom is 0.257 e. The van der Waals surface area contributed by atoms with E-state index in [-0.39, 0.29) is 32.1 Å². The molecule has 10 heteroatoms. The number of sulfonamides is 1. The number of amides is 1. The van der Waals surface area contributed by atoms with E-state index in [4.69, 9.17) is 9.47 Å². The molecule has 156 valence electrons. The largest absolute Gasteiger partial charge is 0.493 e. The third-order valence-corrected chi connectivity index (χ3v) is 6.60. The van der Waals surface area contributed by atoms with Gasteiger partial charge in [0.1, 0.15) is 16.5 Å². The standard InChI is InChI=1S/C19H20F2N2O5S/c1-27-16-5-3-4-14(18(16)28-2)19(24)22-8-10-23(11-9-22)29(25,26)17-7-6-13(20)12-15(17)21/h3-7,12H,8-11H2,1-2H3. The van der Waals surface area contributed by atoms with E-state index < -0.39 is 26.6 Å². The highest BCUT2D eigenvalue weighted by Gasteiger charge is 2.33. The van der Waals surface area contributed by atoms with Gasteiger partial charge in [0, 0.05) is 32.2 Å². The van der Waals surface area contributed by atoms with E-state index in [0.717, 1.165) is 16.4 Å². The molecule has 0 bridgehead atoms. The summed E-state index contributed by atoms with van der Waals surface area (Å²) >= 11 is 0. The molecule has 0 unspecified atom stereocenters. The number of carbonyl (C=O) groups excluding carboxylic acids is 1. The van der Waals surface area contributed by atoms with Crippen LogP contribution in [-0.2, 0) is 10.0 Å². The van der Waals surface area contributed by atoms with Gasteiger partial charge < -0.3 is 14.4 Å². The number of nitrogens with zero attached hydrogens (tertiary/aromatic N) is 2. The molecule has 0 aromatic heterocycles. The van der Waals surface area contributed by atoms with Crippen LogP contribution in [0.15, 0.2) is 41.3 Å². The van der Waals surface area contributed by atoms with Gasteiger partial charge in [-0.2, -0.15) is 4.31 Å². The molecule has 3 rings (SSSR count). The van der Waals surface area contributed by atoms with Crippen LogP contribution in [0.25, 0.3) is 0 Å². The number of benzene rings is 2. The first-order valence-corrected chi connectivity index (χ1v) is 10.2. The van der Waals surface area contributed by atoms with Gasteiger partial charge in [0.2, 0.25) is 10.0 Å². The van der Waals surface area contributed by atoms with Crippen LogP contribution in [0.5, 0.6) is 11.5 Å². The van der Waals surface area contributed by atoms with Gasteiger partial charge in [-0.1, -0.05) is 6.07 Å². The number of carbonyl (C=O) groups is 1. The van der Waals surface area contributed by atoms with Crippen LogP contribution in [0, 0.1) is 11.6 Å². The number of piperazine rings is 1. The lowest BCUT2D eigenvalue weighted by Crippen LogP contribution is -2.50. The van der Waals surface area contributed by atoms with Crippen molar-refractivity contribution < 1.29 is 31.5 Å². The molecule has 0 atom stereocenters. The quantitative estimate of drug-likeness (QED) is 0.732. The molecule has 1 aliphatic heterocycles. The summed E-state index contributed by atoms with van der Waals surface area (Å²) in [5, 5.41) is 0. The molecule has 2 aromatic rings. The van der Waals surface area contributed by atoms with Crippen molar-refractivity contribution in [1.82, 2.24) is 9.21 Å². The van der Waals surface area contributed by atoms with E-state index in [9.17, 15) is 22.0 Å². The van der Waals surface area contributed by atoms with Gasteiger partial charge in [-0.25, -0.2) is 17.2 Å². The summed E-state index contributed by atoms with van der Waals surface area (Å²) in [5.74, 6) is -1.63. The molecule has 0 N–H and O–H groups in total. The Balaban J connectivity index is 1.76. The molecule has 2 aromatic carbocycles. The number of ether oxygens (including phenoxy) is 2. The van der Waals surface area contributed by atoms with Crippen LogP contribution < -0.4 is 9.47 Å². The summed E-state index contributed by atoms with van der Waals surface area (Å²) in [4.78, 5) is 13.8. The number of halogens is 2. The molecular formula is C19H20F2N2O5S. The van der Waals surface area contributed by atoms with E-state index >= 15 is 0 Å². The van der Waals surface area contributed by atoms with Crippen molar-refractivity contribution in [2.24, 2.45) is 0 Å². The highest BCUT2D eigenvalue weighted by Crippen LogP contribution is 2.32. The Morgan fingerprint density at radius 3 is 2.28 bits per heavy atom. The molecule has 1 aliphatic rings. The average molecular weight is 426 g/mol. The Bertz CT molecular complexity index is 1020. The highest BCUT2D eigenvalue weighted by atomic mass is 32.2. The third-order valence-electron chi connectivity index (χ3n) is 4.67. The Kier molecular flexibility index (Phi) is 6.04. The summed E-state index contributed by atoms with van der Waals surface area (Å²) in [6.45, 7) is 0.191. The molecule has 1 saturated heterocycles. The summed E-state index contributed by atoms with van der Waals surface area (Å²) < 4.78 is 63.9. The van der Waals surface area contributed by atoms with Gasteiger partial charge in [-0.15, -0.1) is 0 Å². The molecule has 0 spiro atoms. The van der Waals surface area contributed by atoms with Crippen molar-refractivity contribution in [2.75, 3.05) is 40.4 Å². The minimum Gasteiger partial charge on any atom is -0.493 e. The van der Waals surface area contributed by atoms with E-state index in [0.29, 0.717) is 23.1 Å². The predicted molar refractivity (Wildman–Crippen MR) is 101 cm³/mol. The summed E-state index contributed by atoms with van der Waals surface area (Å²) in [5.41, 5.74) is 0.299. The van der Waals surface area contributed by atoms with Crippen molar-refractivity contribution in [3.63, 3.8) is 0 Å². The third kappa shape index (κ3) is 4.03. The van der Waals surface area contributed by atoms with E-state index in [1.165, 1.54) is 19.1 Å². The fourth-order valence-corrected chi connectivity index (χ4v) is 4.65. The van der Waals surface area contributed by atoms with Crippen molar-refractivity contribution in [2.45, 2.75) is 4.90 Å². The van der Waals surface area contributed by atoms with E-state index in [1.807, 2.05) is 0 Å². The molecule has 29 heavy (non-hydrogen) atoms. The summed E-state index contributed by atoms with van der Waals surface area (Å²) in [6.07, 6.45) is 0. The normalized spacial score (nSPS) is 15.2. The van der Waals surface area contributed by atoms with Crippen LogP contribution in [-0.4, -0.2) is 63.9 Å². The fourth-order valence-electron chi connectivity index (χ4n) is 3.18. The second-order valence-electron chi connectivity index (χ2n) is 6.31. The van der Waals surface area contributed by atoms with Crippen LogP contribution in [0.3, 0.4) is 0 Å². The summed E-state index contributed by atoms with van der Waals surface area (Å²) in [6, 6.07) is 7.25. The average Bonchev–Trinajstić information content (AvgIpc) is 2.72. The number of methoxy groups -OCH3 is 2. The minimum absolute atomic E-state index is 0.0167. The molecule has 0 aliphatic carbocycles. The Morgan fingerprint density at radius 1 is 1.00 bits per heavy atom. The second-order valence-corrected chi connectivity index (χ2v) is 8.22. The van der Waals surface area contributed by atoms with Gasteiger partial charge in [0.05, 0.1) is 19.8 Å². The van der Waals surface area contributed by atoms with Gasteiger partial charge in [-0.3, -0.25) is 4.79 Å². The van der Waals surface area contributed by atoms with Crippen molar-refractivity contribution in [3.8, 4) is 11.5 Å². The van der Waals surface area contributed by atoms with Crippen molar-refractivity contribution in [1.29, 1.82) is 0 Å². The second kappa shape index (κ2) is 8.34. The minimum atomic E-state index is -4.14. The lowest BCUT2D eigenvalue weighted by molar-refractivity contribution is 0.0693. The number of para-hydroxylation sites is 1. The molecular weight excluding hydrogens is 406 g/mol. The fraction of sp³-hybridized carbons (Fsp3) is 0.316. The first-order chi connectivity index (χ1) is 13.8. The molecule has 7 nitrogen and oxygen atoms in total. The smallest absolute Gasteiger partial charge is 0.257 e. The van der Waals surface area contributed by atoms with Crippen LogP contribution in [0.1, 0.15) is 10.4 Å². The van der Waals surface area contributed by atoms with Crippen molar-refractivity contribution >= 4 is 15.9 Å². The first kappa shape index (κ1) is 21.0. The predicted octanol–water partition coefficient (Wildman–Crippen LogP) is 2.13. The lowest BCUT2D eigenvalue weighted by atomic mass is 10.1. The maximum atomic E-state index is 13.9. The zero-order valence-electron chi connectivity index (χ0n) is 15.9. The van der Waals surface area contributed by atoms with Gasteiger partial charge in [0.25, 0.3) is 5.91 Å². The molecule has 1 heterocycles. The number of hydrogen-bond donors (Lipinski definition) is 0. The SMILES string of the molecule is COc1cccc(C(=O)N2CCN(S(=O)(=O)c3ccc(F)cc3F)CC2)c1OC. The van der Waals surface area contributed by atoms with Crippen LogP contribution in [0.2, 0.25) is 0 Å². The summed E-state index contributed by atoms with van der Waals surface area (Å²) in [7, 11) is -1.25. The maximum absolute atomic E-state index is 13.9. The van der Waals surface area contributed by atoms with Gasteiger partial charge in [0.15, 0.2) is 11.5 Å². The molecule has 0 saturated carbocycles. The zero-order chi connectivity index (χ0) is 21.2. The van der Waals surface area contributed by atoms with Gasteiger partial charge in [-0.05, 0) is 24.3 Å². The van der Waals surface area contributed by atoms with E-state index in [2.05, 4.69) is 0 Å². The van der Waals surface area contributed by atoms with Crippen molar-refractivity contribution in [3.05, 3.63) is 53.6 Å². The number of hydrogen-bond acceptors (Lipinski definition) is 5. The Hall–Kier alpha value is -2.72. The first-order valence-electron chi connectivity index (χ1n) is 8.75. The molecule has 0 radical (unpaired) electrons. The zero-order valence-corrected chi connectivity index (χ0v) is 16.7. The van der Waals surface area contributed by atoms with Crippen LogP contribution in [0.4, 0.5) is 8.78 Å². The Morgan fingerprint density at radius 2 is 1.69 bits per heavy atom. The van der Waals surface area contributed by atoms with Crippen LogP contribution >= 0.6 is 0 Å². The monoisotopic (exact) mass is 426 g/mol. The molecule has 1 amide bonds. The molecule has 1 fully saturated rings. The number of rotatable bonds is 5. The highest BCUT2D eigenvalue weighted by molar-refractivity contribution is 7.89. The Labute approximate surface area is 167 Å².